The Hall–Kier alpha value is -2.03. The molecule has 1 aliphatic carbocycles. The molecule has 0 bridgehead atoms. The van der Waals surface area contributed by atoms with Gasteiger partial charge in [0.05, 0.1) is 22.3 Å². The molecule has 0 saturated heterocycles. The molecule has 1 aromatic carbocycles. The Kier molecular flexibility index (Phi) is 4.41. The second-order valence-corrected chi connectivity index (χ2v) is 7.52. The van der Waals surface area contributed by atoms with Crippen LogP contribution in [-0.4, -0.2) is 29.8 Å². The van der Waals surface area contributed by atoms with Gasteiger partial charge in [0.25, 0.3) is 0 Å². The lowest BCUT2D eigenvalue weighted by Crippen LogP contribution is -2.10. The van der Waals surface area contributed by atoms with Crippen molar-refractivity contribution in [2.24, 2.45) is 0 Å². The molecule has 0 aliphatic heterocycles. The molecule has 132 valence electrons. The zero-order chi connectivity index (χ0) is 17.4. The first kappa shape index (κ1) is 16.4. The normalized spacial score (nSPS) is 17.0. The summed E-state index contributed by atoms with van der Waals surface area (Å²) in [6.07, 6.45) is 4.46. The molecule has 1 fully saturated rings. The van der Waals surface area contributed by atoms with E-state index in [9.17, 15) is 8.78 Å². The number of tetrazole rings is 1. The van der Waals surface area contributed by atoms with Crippen molar-refractivity contribution in [3.05, 3.63) is 30.1 Å². The molecule has 3 aromatic rings. The minimum atomic E-state index is -2.64. The Morgan fingerprint density at radius 2 is 1.96 bits per heavy atom. The van der Waals surface area contributed by atoms with Crippen LogP contribution in [0.1, 0.15) is 56.3 Å². The monoisotopic (exact) mass is 364 g/mol. The van der Waals surface area contributed by atoms with Gasteiger partial charge in [0.2, 0.25) is 5.16 Å². The van der Waals surface area contributed by atoms with Crippen LogP contribution in [0.15, 0.2) is 29.4 Å². The van der Waals surface area contributed by atoms with Gasteiger partial charge in [-0.25, -0.2) is 9.67 Å². The van der Waals surface area contributed by atoms with Crippen LogP contribution in [0, 0.1) is 0 Å². The minimum absolute atomic E-state index is 0.299. The van der Waals surface area contributed by atoms with E-state index >= 15 is 0 Å². The van der Waals surface area contributed by atoms with Crippen molar-refractivity contribution in [3.63, 3.8) is 0 Å². The first-order chi connectivity index (χ1) is 12.1. The lowest BCUT2D eigenvalue weighted by Gasteiger charge is -2.15. The molecule has 2 aromatic heterocycles. The number of benzene rings is 1. The van der Waals surface area contributed by atoms with Crippen LogP contribution in [-0.2, 0) is 0 Å². The molecule has 4 rings (SSSR count). The summed E-state index contributed by atoms with van der Waals surface area (Å²) in [6.45, 7) is -0.783. The Balaban J connectivity index is 1.66. The van der Waals surface area contributed by atoms with Gasteiger partial charge in [-0.2, -0.15) is 8.78 Å². The zero-order valence-corrected chi connectivity index (χ0v) is 14.5. The van der Waals surface area contributed by atoms with Crippen LogP contribution in [0.2, 0.25) is 0 Å². The predicted octanol–water partition coefficient (Wildman–Crippen LogP) is 4.39. The number of alkyl halides is 2. The highest BCUT2D eigenvalue weighted by molar-refractivity contribution is 7.99. The van der Waals surface area contributed by atoms with Crippen LogP contribution in [0.3, 0.4) is 0 Å². The van der Waals surface area contributed by atoms with E-state index in [2.05, 4.69) is 20.5 Å². The lowest BCUT2D eigenvalue weighted by atomic mass is 10.3. The number of imidazole rings is 1. The Morgan fingerprint density at radius 3 is 2.72 bits per heavy atom. The summed E-state index contributed by atoms with van der Waals surface area (Å²) in [6, 6.07) is 7.26. The van der Waals surface area contributed by atoms with E-state index in [1.165, 1.54) is 24.6 Å². The first-order valence-corrected chi connectivity index (χ1v) is 9.22. The SMILES string of the molecule is C[C@H](Sc1nnnn1C1CCCC1)c1nc2ccccc2n1C(F)F. The molecular weight excluding hydrogens is 346 g/mol. The molecule has 0 N–H and O–H groups in total. The van der Waals surface area contributed by atoms with Gasteiger partial charge >= 0.3 is 6.55 Å². The van der Waals surface area contributed by atoms with E-state index in [0.29, 0.717) is 28.1 Å². The average molecular weight is 364 g/mol. The van der Waals surface area contributed by atoms with Crippen LogP contribution in [0.4, 0.5) is 8.78 Å². The molecule has 6 nitrogen and oxygen atoms in total. The van der Waals surface area contributed by atoms with E-state index in [1.807, 2.05) is 11.6 Å². The number of halogens is 2. The van der Waals surface area contributed by atoms with Crippen molar-refractivity contribution in [3.8, 4) is 0 Å². The van der Waals surface area contributed by atoms with Crippen molar-refractivity contribution in [1.82, 2.24) is 29.8 Å². The van der Waals surface area contributed by atoms with Gasteiger partial charge < -0.3 is 0 Å². The number of nitrogens with zero attached hydrogens (tertiary/aromatic N) is 6. The highest BCUT2D eigenvalue weighted by Crippen LogP contribution is 2.39. The molecule has 0 unspecified atom stereocenters. The van der Waals surface area contributed by atoms with Gasteiger partial charge in [-0.1, -0.05) is 36.7 Å². The van der Waals surface area contributed by atoms with Crippen molar-refractivity contribution in [1.29, 1.82) is 0 Å². The third-order valence-corrected chi connectivity index (χ3v) is 5.64. The summed E-state index contributed by atoms with van der Waals surface area (Å²) in [5.74, 6) is 0.335. The molecule has 0 amide bonds. The number of thioether (sulfide) groups is 1. The van der Waals surface area contributed by atoms with Crippen LogP contribution in [0.25, 0.3) is 11.0 Å². The number of para-hydroxylation sites is 2. The lowest BCUT2D eigenvalue weighted by molar-refractivity contribution is 0.0715. The van der Waals surface area contributed by atoms with Crippen LogP contribution < -0.4 is 0 Å². The van der Waals surface area contributed by atoms with E-state index in [-0.39, 0.29) is 5.25 Å². The molecule has 1 saturated carbocycles. The maximum absolute atomic E-state index is 13.6. The van der Waals surface area contributed by atoms with Gasteiger partial charge in [0, 0.05) is 0 Å². The summed E-state index contributed by atoms with van der Waals surface area (Å²) >= 11 is 1.37. The fourth-order valence-corrected chi connectivity index (χ4v) is 4.37. The third kappa shape index (κ3) is 3.01. The number of aromatic nitrogens is 6. The van der Waals surface area contributed by atoms with Gasteiger partial charge in [-0.3, -0.25) is 4.57 Å². The van der Waals surface area contributed by atoms with E-state index < -0.39 is 6.55 Å². The Bertz CT molecular complexity index is 871. The highest BCUT2D eigenvalue weighted by atomic mass is 32.2. The summed E-state index contributed by atoms with van der Waals surface area (Å²) in [5.41, 5.74) is 1.01. The van der Waals surface area contributed by atoms with Gasteiger partial charge in [0.15, 0.2) is 0 Å². The molecule has 1 atom stereocenters. The average Bonchev–Trinajstić information content (AvgIpc) is 3.32. The summed E-state index contributed by atoms with van der Waals surface area (Å²) in [4.78, 5) is 4.43. The summed E-state index contributed by atoms with van der Waals surface area (Å²) in [7, 11) is 0. The van der Waals surface area contributed by atoms with E-state index in [1.54, 1.807) is 24.3 Å². The van der Waals surface area contributed by atoms with Crippen LogP contribution >= 0.6 is 11.8 Å². The number of hydrogen-bond acceptors (Lipinski definition) is 5. The van der Waals surface area contributed by atoms with Crippen molar-refractivity contribution in [2.75, 3.05) is 0 Å². The predicted molar refractivity (Wildman–Crippen MR) is 90.6 cm³/mol. The topological polar surface area (TPSA) is 61.4 Å². The second-order valence-electron chi connectivity index (χ2n) is 6.21. The fraction of sp³-hybridized carbons (Fsp3) is 0.500. The minimum Gasteiger partial charge on any atom is -0.269 e. The quantitative estimate of drug-likeness (QED) is 0.629. The largest absolute Gasteiger partial charge is 0.320 e. The number of fused-ring (bicyclic) bond motifs is 1. The van der Waals surface area contributed by atoms with E-state index in [0.717, 1.165) is 17.4 Å². The fourth-order valence-electron chi connectivity index (χ4n) is 3.41. The van der Waals surface area contributed by atoms with Crippen molar-refractivity contribution in [2.45, 2.75) is 55.6 Å². The molecule has 0 radical (unpaired) electrons. The molecule has 1 aliphatic rings. The number of hydrogen-bond donors (Lipinski definition) is 0. The van der Waals surface area contributed by atoms with Gasteiger partial charge in [-0.05, 0) is 42.3 Å². The van der Waals surface area contributed by atoms with E-state index in [4.69, 9.17) is 0 Å². The van der Waals surface area contributed by atoms with Gasteiger partial charge in [0.1, 0.15) is 5.82 Å². The molecular formula is C16H18F2N6S. The summed E-state index contributed by atoms with van der Waals surface area (Å²) in [5, 5.41) is 12.3. The smallest absolute Gasteiger partial charge is 0.269 e. The zero-order valence-electron chi connectivity index (χ0n) is 13.7. The highest BCUT2D eigenvalue weighted by Gasteiger charge is 2.26. The van der Waals surface area contributed by atoms with Gasteiger partial charge in [-0.15, -0.1) is 5.10 Å². The molecule has 9 heteroatoms. The van der Waals surface area contributed by atoms with Crippen molar-refractivity contribution >= 4 is 22.8 Å². The number of rotatable bonds is 5. The van der Waals surface area contributed by atoms with Crippen LogP contribution in [0.5, 0.6) is 0 Å². The molecule has 0 spiro atoms. The van der Waals surface area contributed by atoms with Crippen molar-refractivity contribution < 1.29 is 8.78 Å². The molecule has 25 heavy (non-hydrogen) atoms. The maximum Gasteiger partial charge on any atom is 0.320 e. The Labute approximate surface area is 147 Å². The third-order valence-electron chi connectivity index (χ3n) is 4.60. The molecule has 2 heterocycles. The standard InChI is InChI=1S/C16H18F2N6S/c1-10(25-16-20-21-22-24(16)11-6-2-3-7-11)14-19-12-8-4-5-9-13(12)23(14)15(17)18/h4-5,8-11,15H,2-3,6-7H2,1H3/t10-/m0/s1. The summed E-state index contributed by atoms with van der Waals surface area (Å²) < 4.78 is 30.1. The first-order valence-electron chi connectivity index (χ1n) is 8.34. The second kappa shape index (κ2) is 6.70. The maximum atomic E-state index is 13.6. The Morgan fingerprint density at radius 1 is 1.20 bits per heavy atom.